The van der Waals surface area contributed by atoms with Crippen molar-refractivity contribution in [2.45, 2.75) is 30.7 Å². The maximum absolute atomic E-state index is 12.6. The van der Waals surface area contributed by atoms with Crippen molar-refractivity contribution in [3.63, 3.8) is 0 Å². The minimum Gasteiger partial charge on any atom is -0.465 e. The van der Waals surface area contributed by atoms with Gasteiger partial charge in [0, 0.05) is 11.1 Å². The molecule has 0 fully saturated rings. The van der Waals surface area contributed by atoms with Crippen LogP contribution in [0.15, 0.2) is 53.7 Å². The maximum atomic E-state index is 12.6. The van der Waals surface area contributed by atoms with Gasteiger partial charge < -0.3 is 9.72 Å². The zero-order chi connectivity index (χ0) is 18.5. The molecule has 0 bridgehead atoms. The molecule has 3 rings (SSSR count). The van der Waals surface area contributed by atoms with Crippen LogP contribution >= 0.6 is 11.8 Å². The number of carbonyl (C=O) groups is 2. The quantitative estimate of drug-likeness (QED) is 0.384. The van der Waals surface area contributed by atoms with Crippen LogP contribution < -0.4 is 0 Å². The highest BCUT2D eigenvalue weighted by Crippen LogP contribution is 2.27. The van der Waals surface area contributed by atoms with Crippen molar-refractivity contribution in [1.29, 1.82) is 0 Å². The number of hydrogen-bond donors (Lipinski definition) is 1. The highest BCUT2D eigenvalue weighted by molar-refractivity contribution is 8.00. The van der Waals surface area contributed by atoms with Gasteiger partial charge in [0.25, 0.3) is 0 Å². The Balaban J connectivity index is 1.83. The highest BCUT2D eigenvalue weighted by Gasteiger charge is 2.21. The van der Waals surface area contributed by atoms with Crippen LogP contribution in [0.4, 0.5) is 0 Å². The number of fused-ring (bicyclic) bond motifs is 1. The van der Waals surface area contributed by atoms with Gasteiger partial charge in [-0.15, -0.1) is 0 Å². The van der Waals surface area contributed by atoms with E-state index in [1.54, 1.807) is 31.2 Å². The van der Waals surface area contributed by atoms with E-state index in [1.165, 1.54) is 11.8 Å². The standard InChI is InChI=1S/C20H20N2O3S/c1-3-17(19(24)25-4-2)26-20-21-15-11-10-14(12-16(15)22-20)18(23)13-8-6-5-7-9-13/h5-12,17H,3-4H2,1-2H3,(H,21,22). The van der Waals surface area contributed by atoms with Crippen molar-refractivity contribution in [2.75, 3.05) is 6.61 Å². The third-order valence-corrected chi connectivity index (χ3v) is 5.16. The van der Waals surface area contributed by atoms with E-state index in [2.05, 4.69) is 9.97 Å². The number of rotatable bonds is 7. The smallest absolute Gasteiger partial charge is 0.319 e. The van der Waals surface area contributed by atoms with Crippen molar-refractivity contribution in [2.24, 2.45) is 0 Å². The summed E-state index contributed by atoms with van der Waals surface area (Å²) in [6, 6.07) is 14.6. The van der Waals surface area contributed by atoms with Gasteiger partial charge in [-0.25, -0.2) is 4.98 Å². The molecule has 0 radical (unpaired) electrons. The van der Waals surface area contributed by atoms with Gasteiger partial charge >= 0.3 is 5.97 Å². The third-order valence-electron chi connectivity index (χ3n) is 3.93. The highest BCUT2D eigenvalue weighted by atomic mass is 32.2. The number of nitrogens with one attached hydrogen (secondary N) is 1. The Morgan fingerprint density at radius 3 is 2.58 bits per heavy atom. The molecule has 5 nitrogen and oxygen atoms in total. The van der Waals surface area contributed by atoms with E-state index in [-0.39, 0.29) is 17.0 Å². The molecular formula is C20H20N2O3S. The molecule has 0 spiro atoms. The molecule has 1 atom stereocenters. The van der Waals surface area contributed by atoms with E-state index < -0.39 is 0 Å². The third kappa shape index (κ3) is 3.96. The van der Waals surface area contributed by atoms with Gasteiger partial charge in [0.15, 0.2) is 10.9 Å². The van der Waals surface area contributed by atoms with Crippen LogP contribution in [-0.2, 0) is 9.53 Å². The number of nitrogens with zero attached hydrogens (tertiary/aromatic N) is 1. The summed E-state index contributed by atoms with van der Waals surface area (Å²) in [6.45, 7) is 4.09. The zero-order valence-corrected chi connectivity index (χ0v) is 15.5. The number of H-pyrrole nitrogens is 1. The van der Waals surface area contributed by atoms with Crippen molar-refractivity contribution in [1.82, 2.24) is 9.97 Å². The van der Waals surface area contributed by atoms with Crippen molar-refractivity contribution < 1.29 is 14.3 Å². The summed E-state index contributed by atoms with van der Waals surface area (Å²) >= 11 is 1.35. The monoisotopic (exact) mass is 368 g/mol. The Morgan fingerprint density at radius 2 is 1.88 bits per heavy atom. The van der Waals surface area contributed by atoms with E-state index in [0.29, 0.717) is 29.3 Å². The summed E-state index contributed by atoms with van der Waals surface area (Å²) in [5, 5.41) is 0.338. The van der Waals surface area contributed by atoms with Crippen molar-refractivity contribution >= 4 is 34.5 Å². The van der Waals surface area contributed by atoms with E-state index in [9.17, 15) is 9.59 Å². The fraction of sp³-hybridized carbons (Fsp3) is 0.250. The molecule has 1 N–H and O–H groups in total. The number of aromatic nitrogens is 2. The van der Waals surface area contributed by atoms with Crippen LogP contribution in [0.1, 0.15) is 36.2 Å². The van der Waals surface area contributed by atoms with Gasteiger partial charge in [0.2, 0.25) is 0 Å². The van der Waals surface area contributed by atoms with E-state index in [1.807, 2.05) is 31.2 Å². The largest absolute Gasteiger partial charge is 0.465 e. The average molecular weight is 368 g/mol. The van der Waals surface area contributed by atoms with Gasteiger partial charge in [-0.1, -0.05) is 49.0 Å². The lowest BCUT2D eigenvalue weighted by Crippen LogP contribution is -2.19. The average Bonchev–Trinajstić information content (AvgIpc) is 3.08. The molecule has 1 aromatic heterocycles. The predicted molar refractivity (Wildman–Crippen MR) is 103 cm³/mol. The zero-order valence-electron chi connectivity index (χ0n) is 14.7. The van der Waals surface area contributed by atoms with Crippen molar-refractivity contribution in [3.05, 3.63) is 59.7 Å². The van der Waals surface area contributed by atoms with E-state index in [4.69, 9.17) is 4.74 Å². The summed E-state index contributed by atoms with van der Waals surface area (Å²) in [7, 11) is 0. The molecule has 6 heteroatoms. The number of hydrogen-bond acceptors (Lipinski definition) is 5. The Bertz CT molecular complexity index is 921. The molecule has 134 valence electrons. The van der Waals surface area contributed by atoms with E-state index in [0.717, 1.165) is 11.0 Å². The Kier molecular flexibility index (Phi) is 5.73. The molecule has 0 amide bonds. The number of thioether (sulfide) groups is 1. The molecule has 1 unspecified atom stereocenters. The number of esters is 1. The van der Waals surface area contributed by atoms with Crippen LogP contribution in [-0.4, -0.2) is 33.6 Å². The summed E-state index contributed by atoms with van der Waals surface area (Å²) in [6.07, 6.45) is 0.651. The topological polar surface area (TPSA) is 72.0 Å². The van der Waals surface area contributed by atoms with Gasteiger partial charge in [-0.2, -0.15) is 0 Å². The van der Waals surface area contributed by atoms with Gasteiger partial charge in [0.05, 0.1) is 17.6 Å². The number of benzene rings is 2. The summed E-state index contributed by atoms with van der Waals surface area (Å²) in [4.78, 5) is 32.2. The minimum atomic E-state index is -0.305. The second kappa shape index (κ2) is 8.19. The van der Waals surface area contributed by atoms with Gasteiger partial charge in [-0.3, -0.25) is 9.59 Å². The number of carbonyl (C=O) groups excluding carboxylic acids is 2. The SMILES string of the molecule is CCOC(=O)C(CC)Sc1nc2ccc(C(=O)c3ccccc3)cc2[nH]1. The van der Waals surface area contributed by atoms with Crippen LogP contribution in [0.25, 0.3) is 11.0 Å². The molecule has 0 aliphatic heterocycles. The van der Waals surface area contributed by atoms with Crippen LogP contribution in [0.2, 0.25) is 0 Å². The molecule has 2 aromatic carbocycles. The molecule has 1 heterocycles. The number of ketones is 1. The lowest BCUT2D eigenvalue weighted by Gasteiger charge is -2.10. The fourth-order valence-electron chi connectivity index (χ4n) is 2.61. The molecule has 0 saturated carbocycles. The molecule has 3 aromatic rings. The Labute approximate surface area is 156 Å². The fourth-order valence-corrected chi connectivity index (χ4v) is 3.53. The molecule has 0 aliphatic rings. The molecule has 0 saturated heterocycles. The summed E-state index contributed by atoms with van der Waals surface area (Å²) in [5.41, 5.74) is 2.78. The second-order valence-electron chi connectivity index (χ2n) is 5.74. The van der Waals surface area contributed by atoms with Crippen LogP contribution in [0.5, 0.6) is 0 Å². The molecule has 26 heavy (non-hydrogen) atoms. The predicted octanol–water partition coefficient (Wildman–Crippen LogP) is 4.23. The first-order valence-corrected chi connectivity index (χ1v) is 9.43. The summed E-state index contributed by atoms with van der Waals surface area (Å²) in [5.74, 6) is -0.269. The first-order chi connectivity index (χ1) is 12.6. The van der Waals surface area contributed by atoms with E-state index >= 15 is 0 Å². The lowest BCUT2D eigenvalue weighted by atomic mass is 10.0. The van der Waals surface area contributed by atoms with Crippen molar-refractivity contribution in [3.8, 4) is 0 Å². The maximum Gasteiger partial charge on any atom is 0.319 e. The van der Waals surface area contributed by atoms with Gasteiger partial charge in [0.1, 0.15) is 5.25 Å². The number of ether oxygens (including phenoxy) is 1. The second-order valence-corrected chi connectivity index (χ2v) is 6.93. The van der Waals surface area contributed by atoms with Gasteiger partial charge in [-0.05, 0) is 31.5 Å². The number of aromatic amines is 1. The first-order valence-electron chi connectivity index (χ1n) is 8.55. The number of imidazole rings is 1. The Morgan fingerprint density at radius 1 is 1.12 bits per heavy atom. The molecular weight excluding hydrogens is 348 g/mol. The normalized spacial score (nSPS) is 12.1. The Hall–Kier alpha value is -2.60. The minimum absolute atomic E-state index is 0.0331. The van der Waals surface area contributed by atoms with Crippen LogP contribution in [0.3, 0.4) is 0 Å². The first kappa shape index (κ1) is 18.2. The molecule has 0 aliphatic carbocycles. The lowest BCUT2D eigenvalue weighted by molar-refractivity contribution is -0.142. The summed E-state index contributed by atoms with van der Waals surface area (Å²) < 4.78 is 5.09. The van der Waals surface area contributed by atoms with Crippen LogP contribution in [0, 0.1) is 0 Å².